The van der Waals surface area contributed by atoms with E-state index in [-0.39, 0.29) is 0 Å². The van der Waals surface area contributed by atoms with Crippen LogP contribution in [0, 0.1) is 0 Å². The second-order valence-electron chi connectivity index (χ2n) is 6.28. The van der Waals surface area contributed by atoms with E-state index in [2.05, 4.69) is 15.0 Å². The Labute approximate surface area is 152 Å². The summed E-state index contributed by atoms with van der Waals surface area (Å²) in [6, 6.07) is 13.4. The highest BCUT2D eigenvalue weighted by atomic mass is 16.3. The lowest BCUT2D eigenvalue weighted by Gasteiger charge is -1.96. The molecule has 0 aliphatic rings. The Hall–Kier alpha value is -3.93. The maximum atomic E-state index is 6.04. The molecule has 0 atom stereocenters. The fourth-order valence-corrected chi connectivity index (χ4v) is 3.23. The maximum absolute atomic E-state index is 6.04. The second kappa shape index (κ2) is 5.28. The van der Waals surface area contributed by atoms with Crippen molar-refractivity contribution in [2.24, 2.45) is 0 Å². The van der Waals surface area contributed by atoms with Gasteiger partial charge >= 0.3 is 0 Å². The average Bonchev–Trinajstić information content (AvgIpc) is 3.42. The molecular weight excluding hydrogens is 342 g/mol. The highest BCUT2D eigenvalue weighted by Gasteiger charge is 2.12. The molecule has 0 fully saturated rings. The van der Waals surface area contributed by atoms with Gasteiger partial charge in [0.05, 0.1) is 0 Å². The summed E-state index contributed by atoms with van der Waals surface area (Å²) in [4.78, 5) is 12.8. The summed E-state index contributed by atoms with van der Waals surface area (Å²) in [5.74, 6) is 1.45. The number of benzene rings is 1. The predicted molar refractivity (Wildman–Crippen MR) is 100 cm³/mol. The van der Waals surface area contributed by atoms with Crippen LogP contribution in [0.15, 0.2) is 80.7 Å². The van der Waals surface area contributed by atoms with Gasteiger partial charge in [-0.15, -0.1) is 0 Å². The van der Waals surface area contributed by atoms with Crippen LogP contribution in [0.1, 0.15) is 0 Å². The first-order chi connectivity index (χ1) is 13.3. The fourth-order valence-electron chi connectivity index (χ4n) is 3.23. The lowest BCUT2D eigenvalue weighted by atomic mass is 10.1. The summed E-state index contributed by atoms with van der Waals surface area (Å²) >= 11 is 0. The quantitative estimate of drug-likeness (QED) is 0.412. The minimum Gasteiger partial charge on any atom is -0.456 e. The van der Waals surface area contributed by atoms with Crippen molar-refractivity contribution in [1.29, 1.82) is 0 Å². The van der Waals surface area contributed by atoms with Crippen LogP contribution >= 0.6 is 0 Å². The van der Waals surface area contributed by atoms with E-state index in [4.69, 9.17) is 13.3 Å². The third-order valence-corrected chi connectivity index (χ3v) is 4.59. The topological polar surface area (TPSA) is 78.1 Å². The van der Waals surface area contributed by atoms with Crippen LogP contribution in [0.5, 0.6) is 0 Å². The molecule has 5 aromatic heterocycles. The molecule has 6 aromatic rings. The Balaban J connectivity index is 1.46. The number of aromatic nitrogens is 3. The zero-order chi connectivity index (χ0) is 17.8. The van der Waals surface area contributed by atoms with Gasteiger partial charge in [0.2, 0.25) is 0 Å². The molecule has 0 spiro atoms. The van der Waals surface area contributed by atoms with E-state index in [1.165, 1.54) is 6.39 Å². The number of oxazole rings is 1. The predicted octanol–water partition coefficient (Wildman–Crippen LogP) is 5.44. The smallest absolute Gasteiger partial charge is 0.181 e. The molecule has 6 nitrogen and oxygen atoms in total. The Morgan fingerprint density at radius 3 is 2.52 bits per heavy atom. The van der Waals surface area contributed by atoms with Crippen molar-refractivity contribution in [2.45, 2.75) is 0 Å². The molecule has 128 valence electrons. The van der Waals surface area contributed by atoms with E-state index < -0.39 is 0 Å². The largest absolute Gasteiger partial charge is 0.456 e. The normalized spacial score (nSPS) is 11.7. The average molecular weight is 353 g/mol. The Bertz CT molecular complexity index is 1410. The maximum Gasteiger partial charge on any atom is 0.181 e. The van der Waals surface area contributed by atoms with Crippen LogP contribution in [0.2, 0.25) is 0 Å². The summed E-state index contributed by atoms with van der Waals surface area (Å²) < 4.78 is 17.3. The first-order valence-electron chi connectivity index (χ1n) is 8.41. The van der Waals surface area contributed by atoms with Gasteiger partial charge in [0.1, 0.15) is 28.1 Å². The van der Waals surface area contributed by atoms with Gasteiger partial charge in [0.15, 0.2) is 17.6 Å². The highest BCUT2D eigenvalue weighted by molar-refractivity contribution is 5.87. The van der Waals surface area contributed by atoms with Crippen molar-refractivity contribution in [3.05, 3.63) is 67.4 Å². The molecule has 0 amide bonds. The van der Waals surface area contributed by atoms with Crippen molar-refractivity contribution < 1.29 is 13.3 Å². The molecule has 6 heteroatoms. The molecule has 0 N–H and O–H groups in total. The van der Waals surface area contributed by atoms with E-state index in [1.54, 1.807) is 18.6 Å². The molecule has 6 rings (SSSR count). The lowest BCUT2D eigenvalue weighted by molar-refractivity contribution is 0.601. The zero-order valence-electron chi connectivity index (χ0n) is 13.9. The van der Waals surface area contributed by atoms with Crippen molar-refractivity contribution in [3.8, 4) is 22.6 Å². The van der Waals surface area contributed by atoms with Gasteiger partial charge < -0.3 is 13.3 Å². The van der Waals surface area contributed by atoms with Gasteiger partial charge in [-0.25, -0.2) is 4.98 Å². The van der Waals surface area contributed by atoms with E-state index in [0.29, 0.717) is 5.58 Å². The van der Waals surface area contributed by atoms with E-state index >= 15 is 0 Å². The van der Waals surface area contributed by atoms with Crippen molar-refractivity contribution in [3.63, 3.8) is 0 Å². The fraction of sp³-hybridized carbons (Fsp3) is 0. The standard InChI is InChI=1S/C21H11N3O3/c1-2-15-20(25-11-24-15)5-12(1)19-8-16-21(27-19)7-14(10-23-16)18-6-13-9-22-4-3-17(13)26-18/h1-11H. The molecule has 0 aliphatic carbocycles. The van der Waals surface area contributed by atoms with Crippen LogP contribution < -0.4 is 0 Å². The molecule has 0 saturated carbocycles. The van der Waals surface area contributed by atoms with Gasteiger partial charge in [-0.3, -0.25) is 9.97 Å². The Morgan fingerprint density at radius 2 is 1.56 bits per heavy atom. The van der Waals surface area contributed by atoms with E-state index in [1.807, 2.05) is 42.5 Å². The Morgan fingerprint density at radius 1 is 0.667 bits per heavy atom. The molecule has 0 aliphatic heterocycles. The highest BCUT2D eigenvalue weighted by Crippen LogP contribution is 2.32. The van der Waals surface area contributed by atoms with E-state index in [0.717, 1.165) is 50.2 Å². The van der Waals surface area contributed by atoms with Crippen LogP contribution in [-0.4, -0.2) is 15.0 Å². The molecule has 27 heavy (non-hydrogen) atoms. The number of hydrogen-bond donors (Lipinski definition) is 0. The number of furan rings is 2. The number of hydrogen-bond acceptors (Lipinski definition) is 6. The second-order valence-corrected chi connectivity index (χ2v) is 6.28. The molecule has 0 bridgehead atoms. The number of pyridine rings is 2. The molecule has 0 unspecified atom stereocenters. The number of rotatable bonds is 2. The SMILES string of the molecule is c1cc2oc(-c3cnc4cc(-c5ccc6ncoc6c5)oc4c3)cc2cn1. The van der Waals surface area contributed by atoms with Crippen molar-refractivity contribution in [2.75, 3.05) is 0 Å². The van der Waals surface area contributed by atoms with Crippen LogP contribution in [0.4, 0.5) is 0 Å². The van der Waals surface area contributed by atoms with E-state index in [9.17, 15) is 0 Å². The third-order valence-electron chi connectivity index (χ3n) is 4.59. The molecule has 0 saturated heterocycles. The Kier molecular flexibility index (Phi) is 2.79. The monoisotopic (exact) mass is 353 g/mol. The van der Waals surface area contributed by atoms with Crippen LogP contribution in [0.3, 0.4) is 0 Å². The summed E-state index contributed by atoms with van der Waals surface area (Å²) in [5, 5.41) is 0.952. The minimum atomic E-state index is 0.693. The molecule has 5 heterocycles. The lowest BCUT2D eigenvalue weighted by Crippen LogP contribution is -1.77. The molecule has 1 aromatic carbocycles. The van der Waals surface area contributed by atoms with Crippen LogP contribution in [0.25, 0.3) is 55.8 Å². The summed E-state index contributed by atoms with van der Waals surface area (Å²) in [5.41, 5.74) is 5.56. The number of nitrogens with zero attached hydrogens (tertiary/aromatic N) is 3. The first kappa shape index (κ1) is 14.3. The summed E-state index contributed by atoms with van der Waals surface area (Å²) in [6.07, 6.45) is 6.70. The van der Waals surface area contributed by atoms with Gasteiger partial charge in [-0.05, 0) is 36.4 Å². The van der Waals surface area contributed by atoms with Crippen molar-refractivity contribution >= 4 is 33.2 Å². The van der Waals surface area contributed by atoms with Gasteiger partial charge in [0, 0.05) is 41.2 Å². The first-order valence-corrected chi connectivity index (χ1v) is 8.41. The van der Waals surface area contributed by atoms with Crippen LogP contribution in [-0.2, 0) is 0 Å². The summed E-state index contributed by atoms with van der Waals surface area (Å²) in [6.45, 7) is 0. The van der Waals surface area contributed by atoms with Gasteiger partial charge in [-0.1, -0.05) is 0 Å². The number of fused-ring (bicyclic) bond motifs is 3. The van der Waals surface area contributed by atoms with Gasteiger partial charge in [0.25, 0.3) is 0 Å². The molecular formula is C21H11N3O3. The molecule has 0 radical (unpaired) electrons. The minimum absolute atomic E-state index is 0.693. The summed E-state index contributed by atoms with van der Waals surface area (Å²) in [7, 11) is 0. The third kappa shape index (κ3) is 2.23. The van der Waals surface area contributed by atoms with Gasteiger partial charge in [-0.2, -0.15) is 0 Å². The van der Waals surface area contributed by atoms with Crippen molar-refractivity contribution in [1.82, 2.24) is 15.0 Å². The zero-order valence-corrected chi connectivity index (χ0v) is 13.9.